The van der Waals surface area contributed by atoms with Gasteiger partial charge in [0.15, 0.2) is 35.6 Å². The van der Waals surface area contributed by atoms with E-state index in [2.05, 4.69) is 5.92 Å². The van der Waals surface area contributed by atoms with Crippen LogP contribution in [0.4, 0.5) is 0 Å². The standard InChI is InChI=1S/C32H34O13/c1-5-6-38-29-21(36-3)7-15(8-22(29)37-4)24-16-9-19-20(42-13-41-19)10-17(16)28(18-11-40-31(35)25(18)24)45-32-27(34)26(33)30-23(44-32)12-39-14(2)43-30/h1,7-10,14,18,23-28,30,32-34H,6,11-13H2,2-4H3/t14-,18+,23-,24-,25+,26-,27-,28-,30-,32+/m1/s1. The molecule has 13 heteroatoms. The zero-order valence-electron chi connectivity index (χ0n) is 24.9. The maximum atomic E-state index is 13.5. The average Bonchev–Trinajstić information content (AvgIpc) is 3.67. The first-order valence-electron chi connectivity index (χ1n) is 14.7. The van der Waals surface area contributed by atoms with Crippen LogP contribution in [0.2, 0.25) is 0 Å². The molecule has 0 aromatic heterocycles. The third-order valence-corrected chi connectivity index (χ3v) is 9.03. The smallest absolute Gasteiger partial charge is 0.310 e. The van der Waals surface area contributed by atoms with Crippen molar-refractivity contribution in [2.75, 3.05) is 40.8 Å². The Labute approximate surface area is 259 Å². The summed E-state index contributed by atoms with van der Waals surface area (Å²) in [5, 5.41) is 22.1. The van der Waals surface area contributed by atoms with Crippen LogP contribution in [0.3, 0.4) is 0 Å². The molecule has 7 rings (SSSR count). The fourth-order valence-electron chi connectivity index (χ4n) is 6.98. The molecular weight excluding hydrogens is 592 g/mol. The maximum absolute atomic E-state index is 13.5. The summed E-state index contributed by atoms with van der Waals surface area (Å²) in [7, 11) is 3.00. The van der Waals surface area contributed by atoms with E-state index in [9.17, 15) is 15.0 Å². The Kier molecular flexibility index (Phi) is 7.89. The molecule has 3 fully saturated rings. The Hall–Kier alpha value is -3.77. The van der Waals surface area contributed by atoms with Crippen LogP contribution in [-0.2, 0) is 28.5 Å². The van der Waals surface area contributed by atoms with Gasteiger partial charge in [0.25, 0.3) is 0 Å². The van der Waals surface area contributed by atoms with Crippen molar-refractivity contribution >= 4 is 5.97 Å². The summed E-state index contributed by atoms with van der Waals surface area (Å²) in [6.07, 6.45) is -1.39. The van der Waals surface area contributed by atoms with E-state index in [-0.39, 0.29) is 26.6 Å². The van der Waals surface area contributed by atoms with Gasteiger partial charge in [-0.05, 0) is 47.9 Å². The second-order valence-electron chi connectivity index (χ2n) is 11.5. The number of methoxy groups -OCH3 is 2. The van der Waals surface area contributed by atoms with E-state index in [1.807, 2.05) is 12.1 Å². The van der Waals surface area contributed by atoms with Crippen molar-refractivity contribution in [2.24, 2.45) is 11.8 Å². The number of fused-ring (bicyclic) bond motifs is 4. The summed E-state index contributed by atoms with van der Waals surface area (Å²) >= 11 is 0. The molecule has 13 nitrogen and oxygen atoms in total. The highest BCUT2D eigenvalue weighted by Gasteiger charge is 2.56. The first-order chi connectivity index (χ1) is 21.8. The van der Waals surface area contributed by atoms with Crippen molar-refractivity contribution in [2.45, 2.75) is 55.9 Å². The number of carbonyl (C=O) groups excluding carboxylic acids is 1. The molecule has 2 aromatic rings. The second-order valence-corrected chi connectivity index (χ2v) is 11.5. The minimum absolute atomic E-state index is 0.000510. The van der Waals surface area contributed by atoms with E-state index in [1.54, 1.807) is 19.1 Å². The molecule has 0 unspecified atom stereocenters. The van der Waals surface area contributed by atoms with Crippen molar-refractivity contribution in [3.05, 3.63) is 41.0 Å². The van der Waals surface area contributed by atoms with E-state index < -0.39 is 66.8 Å². The highest BCUT2D eigenvalue weighted by atomic mass is 16.8. The van der Waals surface area contributed by atoms with Crippen LogP contribution in [0.25, 0.3) is 0 Å². The Bertz CT molecular complexity index is 1480. The number of hydrogen-bond acceptors (Lipinski definition) is 13. The summed E-state index contributed by atoms with van der Waals surface area (Å²) in [5.74, 6) is 2.35. The number of benzene rings is 2. The third-order valence-electron chi connectivity index (χ3n) is 9.03. The Balaban J connectivity index is 1.31. The summed E-state index contributed by atoms with van der Waals surface area (Å²) in [6.45, 7) is 1.94. The molecule has 0 radical (unpaired) electrons. The monoisotopic (exact) mass is 626 g/mol. The number of carbonyl (C=O) groups is 1. The van der Waals surface area contributed by atoms with E-state index in [4.69, 9.17) is 53.8 Å². The van der Waals surface area contributed by atoms with Crippen molar-refractivity contribution in [3.63, 3.8) is 0 Å². The van der Waals surface area contributed by atoms with Gasteiger partial charge < -0.3 is 57.6 Å². The second kappa shape index (κ2) is 11.9. The minimum Gasteiger partial charge on any atom is -0.493 e. The van der Waals surface area contributed by atoms with Crippen LogP contribution in [0.1, 0.15) is 35.6 Å². The van der Waals surface area contributed by atoms with Crippen LogP contribution in [-0.4, -0.2) is 94.0 Å². The largest absolute Gasteiger partial charge is 0.493 e. The number of terminal acetylenes is 1. The quantitative estimate of drug-likeness (QED) is 0.339. The molecule has 1 aliphatic carbocycles. The molecule has 3 saturated heterocycles. The third kappa shape index (κ3) is 5.02. The molecule has 4 heterocycles. The zero-order chi connectivity index (χ0) is 31.4. The van der Waals surface area contributed by atoms with E-state index in [0.29, 0.717) is 45.4 Å². The molecule has 0 saturated carbocycles. The van der Waals surface area contributed by atoms with Gasteiger partial charge in [0.2, 0.25) is 12.5 Å². The van der Waals surface area contributed by atoms with Gasteiger partial charge in [-0.25, -0.2) is 0 Å². The summed E-state index contributed by atoms with van der Waals surface area (Å²) in [5.41, 5.74) is 2.10. The van der Waals surface area contributed by atoms with Gasteiger partial charge >= 0.3 is 5.97 Å². The van der Waals surface area contributed by atoms with Crippen LogP contribution < -0.4 is 23.7 Å². The number of hydrogen-bond donors (Lipinski definition) is 2. The first kappa shape index (κ1) is 29.9. The number of esters is 1. The molecule has 45 heavy (non-hydrogen) atoms. The van der Waals surface area contributed by atoms with Gasteiger partial charge in [0.1, 0.15) is 31.0 Å². The summed E-state index contributed by atoms with van der Waals surface area (Å²) in [6, 6.07) is 7.21. The maximum Gasteiger partial charge on any atom is 0.310 e. The minimum atomic E-state index is -1.44. The van der Waals surface area contributed by atoms with Crippen molar-refractivity contribution in [1.82, 2.24) is 0 Å². The molecule has 0 amide bonds. The van der Waals surface area contributed by atoms with Crippen LogP contribution >= 0.6 is 0 Å². The SMILES string of the molecule is C#CCOc1c(OC)cc([C@@H]2c3cc4c(cc3[C@@H](O[C@@H]3O[C@@H]5CO[C@@H](C)O[C@H]5[C@H](O)[C@H]3O)[C@H]3COC(=O)[C@H]23)OCO4)cc1OC. The van der Waals surface area contributed by atoms with Gasteiger partial charge in [-0.15, -0.1) is 6.42 Å². The lowest BCUT2D eigenvalue weighted by Gasteiger charge is -2.47. The lowest BCUT2D eigenvalue weighted by Crippen LogP contribution is -2.63. The van der Waals surface area contributed by atoms with E-state index in [1.165, 1.54) is 14.2 Å². The Morgan fingerprint density at radius 1 is 0.956 bits per heavy atom. The van der Waals surface area contributed by atoms with Crippen molar-refractivity contribution < 1.29 is 62.4 Å². The molecule has 0 bridgehead atoms. The predicted octanol–water partition coefficient (Wildman–Crippen LogP) is 1.64. The van der Waals surface area contributed by atoms with Crippen LogP contribution in [0, 0.1) is 24.2 Å². The molecule has 10 atom stereocenters. The Morgan fingerprint density at radius 2 is 1.67 bits per heavy atom. The lowest BCUT2D eigenvalue weighted by molar-refractivity contribution is -0.364. The number of aliphatic hydroxyl groups is 2. The van der Waals surface area contributed by atoms with Crippen LogP contribution in [0.5, 0.6) is 28.7 Å². The molecule has 240 valence electrons. The zero-order valence-corrected chi connectivity index (χ0v) is 24.9. The predicted molar refractivity (Wildman–Crippen MR) is 151 cm³/mol. The summed E-state index contributed by atoms with van der Waals surface area (Å²) < 4.78 is 58.0. The highest BCUT2D eigenvalue weighted by Crippen LogP contribution is 2.57. The topological polar surface area (TPSA) is 150 Å². The van der Waals surface area contributed by atoms with Gasteiger partial charge in [0, 0.05) is 11.8 Å². The normalized spacial score (nSPS) is 34.5. The summed E-state index contributed by atoms with van der Waals surface area (Å²) in [4.78, 5) is 13.5. The molecular formula is C32H34O13. The van der Waals surface area contributed by atoms with Gasteiger partial charge in [-0.2, -0.15) is 0 Å². The molecule has 5 aliphatic rings. The van der Waals surface area contributed by atoms with E-state index in [0.717, 1.165) is 0 Å². The fraction of sp³-hybridized carbons (Fsp3) is 0.531. The van der Waals surface area contributed by atoms with Crippen LogP contribution in [0.15, 0.2) is 24.3 Å². The fourth-order valence-corrected chi connectivity index (χ4v) is 6.98. The van der Waals surface area contributed by atoms with Crippen molar-refractivity contribution in [1.29, 1.82) is 0 Å². The number of cyclic esters (lactones) is 1. The highest BCUT2D eigenvalue weighted by molar-refractivity contribution is 5.79. The molecule has 4 aliphatic heterocycles. The van der Waals surface area contributed by atoms with E-state index >= 15 is 0 Å². The number of rotatable bonds is 7. The van der Waals surface area contributed by atoms with Gasteiger partial charge in [-0.1, -0.05) is 5.92 Å². The van der Waals surface area contributed by atoms with Gasteiger partial charge in [0.05, 0.1) is 39.5 Å². The Morgan fingerprint density at radius 3 is 2.36 bits per heavy atom. The average molecular weight is 627 g/mol. The number of ether oxygens (including phenoxy) is 10. The molecule has 2 aromatic carbocycles. The van der Waals surface area contributed by atoms with Gasteiger partial charge in [-0.3, -0.25) is 4.79 Å². The molecule has 2 N–H and O–H groups in total. The first-order valence-corrected chi connectivity index (χ1v) is 14.7. The lowest BCUT2D eigenvalue weighted by atomic mass is 9.66. The number of aliphatic hydroxyl groups excluding tert-OH is 2. The van der Waals surface area contributed by atoms with Crippen molar-refractivity contribution in [3.8, 4) is 41.1 Å². The molecule has 0 spiro atoms.